The van der Waals surface area contributed by atoms with Gasteiger partial charge in [-0.2, -0.15) is 5.10 Å². The summed E-state index contributed by atoms with van der Waals surface area (Å²) in [6, 6.07) is 5.82. The van der Waals surface area contributed by atoms with E-state index in [4.69, 9.17) is 4.74 Å². The Balaban J connectivity index is 2.09. The highest BCUT2D eigenvalue weighted by Gasteiger charge is 2.09. The molecule has 2 aromatic heterocycles. The van der Waals surface area contributed by atoms with Crippen molar-refractivity contribution in [2.45, 2.75) is 20.4 Å². The number of ether oxygens (including phenoxy) is 1. The highest BCUT2D eigenvalue weighted by atomic mass is 16.5. The maximum Gasteiger partial charge on any atom is 0.341 e. The summed E-state index contributed by atoms with van der Waals surface area (Å²) in [6.45, 7) is 4.63. The van der Waals surface area contributed by atoms with E-state index in [1.165, 1.54) is 6.20 Å². The van der Waals surface area contributed by atoms with Crippen molar-refractivity contribution in [2.75, 3.05) is 6.61 Å². The van der Waals surface area contributed by atoms with Gasteiger partial charge in [0.25, 0.3) is 0 Å². The minimum absolute atomic E-state index is 0.346. The summed E-state index contributed by atoms with van der Waals surface area (Å²) in [5.41, 5.74) is 2.34. The second kappa shape index (κ2) is 5.44. The predicted molar refractivity (Wildman–Crippen MR) is 66.3 cm³/mol. The van der Waals surface area contributed by atoms with Crippen LogP contribution in [0, 0.1) is 6.92 Å². The summed E-state index contributed by atoms with van der Waals surface area (Å²) in [4.78, 5) is 15.9. The normalized spacial score (nSPS) is 10.3. The van der Waals surface area contributed by atoms with Gasteiger partial charge in [-0.05, 0) is 26.0 Å². The van der Waals surface area contributed by atoms with E-state index in [0.29, 0.717) is 18.7 Å². The molecule has 0 bridgehead atoms. The van der Waals surface area contributed by atoms with Crippen molar-refractivity contribution >= 4 is 5.97 Å². The van der Waals surface area contributed by atoms with Gasteiger partial charge in [0.2, 0.25) is 0 Å². The average molecular weight is 245 g/mol. The van der Waals surface area contributed by atoms with Gasteiger partial charge in [-0.3, -0.25) is 9.67 Å². The van der Waals surface area contributed by atoms with Crippen LogP contribution in [0.25, 0.3) is 0 Å². The third-order valence-corrected chi connectivity index (χ3v) is 2.41. The quantitative estimate of drug-likeness (QED) is 0.771. The van der Waals surface area contributed by atoms with Crippen molar-refractivity contribution in [3.05, 3.63) is 47.5 Å². The zero-order valence-corrected chi connectivity index (χ0v) is 10.5. The van der Waals surface area contributed by atoms with E-state index >= 15 is 0 Å². The Bertz CT molecular complexity index is 549. The second-order valence-corrected chi connectivity index (χ2v) is 3.92. The molecule has 0 fully saturated rings. The fraction of sp³-hybridized carbons (Fsp3) is 0.308. The summed E-state index contributed by atoms with van der Waals surface area (Å²) >= 11 is 0. The molecule has 0 amide bonds. The number of esters is 1. The first-order chi connectivity index (χ1) is 8.69. The largest absolute Gasteiger partial charge is 0.462 e. The lowest BCUT2D eigenvalue weighted by Gasteiger charge is -2.01. The molecule has 0 radical (unpaired) electrons. The summed E-state index contributed by atoms with van der Waals surface area (Å²) in [5.74, 6) is -0.346. The Hall–Kier alpha value is -2.17. The molecule has 5 nitrogen and oxygen atoms in total. The van der Waals surface area contributed by atoms with Crippen LogP contribution < -0.4 is 0 Å². The Morgan fingerprint density at radius 2 is 2.28 bits per heavy atom. The SMILES string of the molecule is CCOC(=O)c1cnn(Cc2cccc(C)n2)c1. The van der Waals surface area contributed by atoms with Gasteiger partial charge in [0.05, 0.1) is 30.6 Å². The van der Waals surface area contributed by atoms with Crippen LogP contribution in [0.3, 0.4) is 0 Å². The van der Waals surface area contributed by atoms with E-state index in [9.17, 15) is 4.79 Å². The summed E-state index contributed by atoms with van der Waals surface area (Å²) in [6.07, 6.45) is 3.18. The van der Waals surface area contributed by atoms with Crippen molar-refractivity contribution < 1.29 is 9.53 Å². The molecule has 2 heterocycles. The van der Waals surface area contributed by atoms with Crippen LogP contribution in [-0.4, -0.2) is 27.3 Å². The van der Waals surface area contributed by atoms with E-state index < -0.39 is 0 Å². The Kier molecular flexibility index (Phi) is 3.72. The van der Waals surface area contributed by atoms with Gasteiger partial charge in [0, 0.05) is 11.9 Å². The van der Waals surface area contributed by atoms with E-state index in [1.807, 2.05) is 25.1 Å². The van der Waals surface area contributed by atoms with E-state index in [1.54, 1.807) is 17.8 Å². The molecule has 0 spiro atoms. The van der Waals surface area contributed by atoms with E-state index in [0.717, 1.165) is 11.4 Å². The summed E-state index contributed by atoms with van der Waals surface area (Å²) in [5, 5.41) is 4.12. The molecule has 0 saturated heterocycles. The molecule has 0 saturated carbocycles. The lowest BCUT2D eigenvalue weighted by atomic mass is 10.3. The van der Waals surface area contributed by atoms with Crippen LogP contribution in [0.5, 0.6) is 0 Å². The summed E-state index contributed by atoms with van der Waals surface area (Å²) in [7, 11) is 0. The molecular weight excluding hydrogens is 230 g/mol. The summed E-state index contributed by atoms with van der Waals surface area (Å²) < 4.78 is 6.58. The minimum Gasteiger partial charge on any atom is -0.462 e. The number of nitrogens with zero attached hydrogens (tertiary/aromatic N) is 3. The highest BCUT2D eigenvalue weighted by Crippen LogP contribution is 2.04. The molecular formula is C13H15N3O2. The van der Waals surface area contributed by atoms with Crippen LogP contribution in [-0.2, 0) is 11.3 Å². The number of hydrogen-bond donors (Lipinski definition) is 0. The van der Waals surface area contributed by atoms with Crippen LogP contribution in [0.15, 0.2) is 30.6 Å². The van der Waals surface area contributed by atoms with Crippen LogP contribution in [0.1, 0.15) is 28.7 Å². The van der Waals surface area contributed by atoms with Crippen molar-refractivity contribution in [1.82, 2.24) is 14.8 Å². The van der Waals surface area contributed by atoms with Crippen molar-refractivity contribution in [3.63, 3.8) is 0 Å². The third kappa shape index (κ3) is 2.94. The second-order valence-electron chi connectivity index (χ2n) is 3.92. The van der Waals surface area contributed by atoms with E-state index in [-0.39, 0.29) is 5.97 Å². The highest BCUT2D eigenvalue weighted by molar-refractivity contribution is 5.88. The first-order valence-electron chi connectivity index (χ1n) is 5.81. The van der Waals surface area contributed by atoms with Crippen LogP contribution in [0.4, 0.5) is 0 Å². The minimum atomic E-state index is -0.346. The standard InChI is InChI=1S/C13H15N3O2/c1-3-18-13(17)11-7-14-16(8-11)9-12-6-4-5-10(2)15-12/h4-8H,3,9H2,1-2H3. The van der Waals surface area contributed by atoms with Gasteiger partial charge < -0.3 is 4.74 Å². The number of carbonyl (C=O) groups is 1. The molecule has 5 heteroatoms. The molecule has 0 aliphatic rings. The predicted octanol–water partition coefficient (Wildman–Crippen LogP) is 1.81. The molecule has 0 atom stereocenters. The number of pyridine rings is 1. The molecule has 0 aliphatic heterocycles. The lowest BCUT2D eigenvalue weighted by molar-refractivity contribution is 0.0526. The third-order valence-electron chi connectivity index (χ3n) is 2.41. The Morgan fingerprint density at radius 3 is 3.00 bits per heavy atom. The Labute approximate surface area is 105 Å². The molecule has 94 valence electrons. The van der Waals surface area contributed by atoms with Crippen molar-refractivity contribution in [1.29, 1.82) is 0 Å². The maximum absolute atomic E-state index is 11.5. The molecule has 0 unspecified atom stereocenters. The van der Waals surface area contributed by atoms with Crippen LogP contribution >= 0.6 is 0 Å². The number of rotatable bonds is 4. The van der Waals surface area contributed by atoms with Crippen LogP contribution in [0.2, 0.25) is 0 Å². The number of aromatic nitrogens is 3. The first-order valence-corrected chi connectivity index (χ1v) is 5.81. The Morgan fingerprint density at radius 1 is 1.44 bits per heavy atom. The van der Waals surface area contributed by atoms with E-state index in [2.05, 4.69) is 10.1 Å². The monoisotopic (exact) mass is 245 g/mol. The number of hydrogen-bond acceptors (Lipinski definition) is 4. The van der Waals surface area contributed by atoms with Gasteiger partial charge >= 0.3 is 5.97 Å². The van der Waals surface area contributed by atoms with Gasteiger partial charge in [-0.15, -0.1) is 0 Å². The average Bonchev–Trinajstić information content (AvgIpc) is 2.78. The fourth-order valence-corrected chi connectivity index (χ4v) is 1.62. The molecule has 0 aromatic carbocycles. The van der Waals surface area contributed by atoms with Gasteiger partial charge in [-0.25, -0.2) is 4.79 Å². The lowest BCUT2D eigenvalue weighted by Crippen LogP contribution is -2.04. The van der Waals surface area contributed by atoms with Crippen molar-refractivity contribution in [2.24, 2.45) is 0 Å². The number of carbonyl (C=O) groups excluding carboxylic acids is 1. The zero-order chi connectivity index (χ0) is 13.0. The topological polar surface area (TPSA) is 57.0 Å². The number of aryl methyl sites for hydroxylation is 1. The smallest absolute Gasteiger partial charge is 0.341 e. The van der Waals surface area contributed by atoms with Gasteiger partial charge in [0.15, 0.2) is 0 Å². The molecule has 18 heavy (non-hydrogen) atoms. The van der Waals surface area contributed by atoms with Gasteiger partial charge in [0.1, 0.15) is 0 Å². The van der Waals surface area contributed by atoms with Crippen molar-refractivity contribution in [3.8, 4) is 0 Å². The molecule has 0 N–H and O–H groups in total. The zero-order valence-electron chi connectivity index (χ0n) is 10.5. The molecule has 2 rings (SSSR count). The maximum atomic E-state index is 11.5. The molecule has 2 aromatic rings. The van der Waals surface area contributed by atoms with Gasteiger partial charge in [-0.1, -0.05) is 6.07 Å². The molecule has 0 aliphatic carbocycles. The fourth-order valence-electron chi connectivity index (χ4n) is 1.62. The first kappa shape index (κ1) is 12.3.